The van der Waals surface area contributed by atoms with E-state index in [-0.39, 0.29) is 5.91 Å². The van der Waals surface area contributed by atoms with Crippen LogP contribution >= 0.6 is 11.6 Å². The number of fused-ring (bicyclic) bond motifs is 1. The van der Waals surface area contributed by atoms with Crippen LogP contribution in [-0.4, -0.2) is 5.91 Å². The van der Waals surface area contributed by atoms with Crippen LogP contribution in [0.25, 0.3) is 10.8 Å². The zero-order chi connectivity index (χ0) is 14.8. The van der Waals surface area contributed by atoms with Crippen molar-refractivity contribution in [3.05, 3.63) is 76.8 Å². The molecule has 104 valence electrons. The van der Waals surface area contributed by atoms with Crippen LogP contribution in [0.5, 0.6) is 0 Å². The lowest BCUT2D eigenvalue weighted by atomic mass is 10.1. The summed E-state index contributed by atoms with van der Waals surface area (Å²) in [4.78, 5) is 12.3. The van der Waals surface area contributed by atoms with Gasteiger partial charge in [-0.15, -0.1) is 0 Å². The first-order chi connectivity index (χ1) is 10.1. The molecule has 0 bridgehead atoms. The van der Waals surface area contributed by atoms with Crippen LogP contribution in [0.1, 0.15) is 15.9 Å². The molecule has 0 aromatic heterocycles. The van der Waals surface area contributed by atoms with E-state index in [1.54, 1.807) is 6.07 Å². The van der Waals surface area contributed by atoms with Crippen molar-refractivity contribution in [1.29, 1.82) is 0 Å². The van der Waals surface area contributed by atoms with Crippen LogP contribution < -0.4 is 5.32 Å². The highest BCUT2D eigenvalue weighted by Crippen LogP contribution is 2.21. The zero-order valence-corrected chi connectivity index (χ0v) is 12.3. The van der Waals surface area contributed by atoms with Crippen LogP contribution in [0.2, 0.25) is 5.02 Å². The maximum absolute atomic E-state index is 12.3. The normalized spacial score (nSPS) is 10.6. The summed E-state index contributed by atoms with van der Waals surface area (Å²) in [5.41, 5.74) is 2.31. The number of benzene rings is 3. The maximum atomic E-state index is 12.3. The lowest BCUT2D eigenvalue weighted by Gasteiger charge is -2.08. The van der Waals surface area contributed by atoms with Gasteiger partial charge in [-0.05, 0) is 47.5 Å². The number of halogens is 1. The van der Waals surface area contributed by atoms with Gasteiger partial charge < -0.3 is 5.32 Å². The van der Waals surface area contributed by atoms with Crippen molar-refractivity contribution in [3.63, 3.8) is 0 Å². The first-order valence-electron chi connectivity index (χ1n) is 6.70. The first-order valence-corrected chi connectivity index (χ1v) is 7.07. The van der Waals surface area contributed by atoms with E-state index in [4.69, 9.17) is 11.6 Å². The van der Waals surface area contributed by atoms with Gasteiger partial charge in [-0.1, -0.05) is 48.0 Å². The van der Waals surface area contributed by atoms with Crippen LogP contribution in [0.4, 0.5) is 5.69 Å². The van der Waals surface area contributed by atoms with Crippen LogP contribution in [0, 0.1) is 6.92 Å². The van der Waals surface area contributed by atoms with Crippen molar-refractivity contribution in [3.8, 4) is 0 Å². The molecule has 0 aliphatic carbocycles. The standard InChI is InChI=1S/C18H14ClNO/c1-12-6-9-16(11-17(12)19)20-18(21)15-8-7-13-4-2-3-5-14(13)10-15/h2-11H,1H3,(H,20,21). The highest BCUT2D eigenvalue weighted by atomic mass is 35.5. The van der Waals surface area contributed by atoms with Crippen molar-refractivity contribution in [2.45, 2.75) is 6.92 Å². The molecule has 0 atom stereocenters. The van der Waals surface area contributed by atoms with E-state index in [9.17, 15) is 4.79 Å². The monoisotopic (exact) mass is 295 g/mol. The molecule has 3 aromatic carbocycles. The maximum Gasteiger partial charge on any atom is 0.255 e. The van der Waals surface area contributed by atoms with Gasteiger partial charge in [0.25, 0.3) is 5.91 Å². The van der Waals surface area contributed by atoms with Crippen LogP contribution in [0.3, 0.4) is 0 Å². The molecule has 3 heteroatoms. The second kappa shape index (κ2) is 5.58. The largest absolute Gasteiger partial charge is 0.322 e. The number of carbonyl (C=O) groups excluding carboxylic acids is 1. The zero-order valence-electron chi connectivity index (χ0n) is 11.6. The van der Waals surface area contributed by atoms with Gasteiger partial charge >= 0.3 is 0 Å². The van der Waals surface area contributed by atoms with Crippen LogP contribution in [0.15, 0.2) is 60.7 Å². The van der Waals surface area contributed by atoms with Gasteiger partial charge in [-0.2, -0.15) is 0 Å². The Morgan fingerprint density at radius 2 is 1.71 bits per heavy atom. The molecule has 0 unspecified atom stereocenters. The molecule has 0 saturated carbocycles. The summed E-state index contributed by atoms with van der Waals surface area (Å²) in [5.74, 6) is -0.138. The van der Waals surface area contributed by atoms with E-state index >= 15 is 0 Å². The van der Waals surface area contributed by atoms with E-state index < -0.39 is 0 Å². The average molecular weight is 296 g/mol. The average Bonchev–Trinajstić information content (AvgIpc) is 2.50. The molecule has 2 nitrogen and oxygen atoms in total. The van der Waals surface area contributed by atoms with Gasteiger partial charge in [0.2, 0.25) is 0 Å². The number of carbonyl (C=O) groups is 1. The Morgan fingerprint density at radius 3 is 2.48 bits per heavy atom. The summed E-state index contributed by atoms with van der Waals surface area (Å²) < 4.78 is 0. The Morgan fingerprint density at radius 1 is 0.952 bits per heavy atom. The Balaban J connectivity index is 1.87. The number of amides is 1. The third-order valence-corrected chi connectivity index (χ3v) is 3.85. The summed E-state index contributed by atoms with van der Waals surface area (Å²) in [6, 6.07) is 19.1. The Bertz CT molecular complexity index is 826. The SMILES string of the molecule is Cc1ccc(NC(=O)c2ccc3ccccc3c2)cc1Cl. The fraction of sp³-hybridized carbons (Fsp3) is 0.0556. The molecule has 21 heavy (non-hydrogen) atoms. The molecule has 0 aliphatic rings. The first kappa shape index (κ1) is 13.7. The topological polar surface area (TPSA) is 29.1 Å². The lowest BCUT2D eigenvalue weighted by molar-refractivity contribution is 0.102. The summed E-state index contributed by atoms with van der Waals surface area (Å²) in [6.45, 7) is 1.93. The second-order valence-electron chi connectivity index (χ2n) is 4.98. The molecule has 0 radical (unpaired) electrons. The third-order valence-electron chi connectivity index (χ3n) is 3.44. The van der Waals surface area contributed by atoms with Gasteiger partial charge in [-0.3, -0.25) is 4.79 Å². The predicted octanol–water partition coefficient (Wildman–Crippen LogP) is 5.05. The van der Waals surface area contributed by atoms with Gasteiger partial charge in [0.1, 0.15) is 0 Å². The summed E-state index contributed by atoms with van der Waals surface area (Å²) in [6.07, 6.45) is 0. The van der Waals surface area contributed by atoms with Gasteiger partial charge in [0, 0.05) is 16.3 Å². The van der Waals surface area contributed by atoms with E-state index in [1.165, 1.54) is 0 Å². The van der Waals surface area contributed by atoms with Gasteiger partial charge in [0.05, 0.1) is 0 Å². The van der Waals surface area contributed by atoms with E-state index in [0.29, 0.717) is 16.3 Å². The van der Waals surface area contributed by atoms with Gasteiger partial charge in [0.15, 0.2) is 0 Å². The second-order valence-corrected chi connectivity index (χ2v) is 5.39. The Labute approximate surface area is 128 Å². The van der Waals surface area contributed by atoms with Gasteiger partial charge in [-0.25, -0.2) is 0 Å². The molecule has 1 amide bonds. The predicted molar refractivity (Wildman–Crippen MR) is 88.1 cm³/mol. The van der Waals surface area contributed by atoms with E-state index in [1.807, 2.05) is 61.5 Å². The van der Waals surface area contributed by atoms with Crippen molar-refractivity contribution in [1.82, 2.24) is 0 Å². The number of aryl methyl sites for hydroxylation is 1. The lowest BCUT2D eigenvalue weighted by Crippen LogP contribution is -2.11. The summed E-state index contributed by atoms with van der Waals surface area (Å²) in [7, 11) is 0. The minimum atomic E-state index is -0.138. The number of nitrogens with one attached hydrogen (secondary N) is 1. The fourth-order valence-corrected chi connectivity index (χ4v) is 2.38. The highest BCUT2D eigenvalue weighted by Gasteiger charge is 2.07. The summed E-state index contributed by atoms with van der Waals surface area (Å²) >= 11 is 6.07. The summed E-state index contributed by atoms with van der Waals surface area (Å²) in [5, 5.41) is 5.68. The number of hydrogen-bond acceptors (Lipinski definition) is 1. The number of rotatable bonds is 2. The van der Waals surface area contributed by atoms with Crippen molar-refractivity contribution in [2.75, 3.05) is 5.32 Å². The minimum absolute atomic E-state index is 0.138. The molecule has 0 heterocycles. The van der Waals surface area contributed by atoms with Crippen LogP contribution in [-0.2, 0) is 0 Å². The van der Waals surface area contributed by atoms with Crippen molar-refractivity contribution < 1.29 is 4.79 Å². The molecule has 0 aliphatic heterocycles. The molecule has 0 spiro atoms. The minimum Gasteiger partial charge on any atom is -0.322 e. The molecular weight excluding hydrogens is 282 g/mol. The van der Waals surface area contributed by atoms with E-state index in [0.717, 1.165) is 16.3 Å². The number of hydrogen-bond donors (Lipinski definition) is 1. The Kier molecular flexibility index (Phi) is 3.63. The fourth-order valence-electron chi connectivity index (χ4n) is 2.20. The third kappa shape index (κ3) is 2.91. The van der Waals surface area contributed by atoms with Crippen molar-refractivity contribution >= 4 is 34.0 Å². The number of anilines is 1. The van der Waals surface area contributed by atoms with Crippen molar-refractivity contribution in [2.24, 2.45) is 0 Å². The highest BCUT2D eigenvalue weighted by molar-refractivity contribution is 6.31. The molecule has 3 rings (SSSR count). The molecular formula is C18H14ClNO. The molecule has 1 N–H and O–H groups in total. The molecule has 0 fully saturated rings. The van der Waals surface area contributed by atoms with E-state index in [2.05, 4.69) is 5.32 Å². The Hall–Kier alpha value is -2.32. The molecule has 0 saturated heterocycles. The quantitative estimate of drug-likeness (QED) is 0.704. The smallest absolute Gasteiger partial charge is 0.255 e. The molecule has 3 aromatic rings.